The van der Waals surface area contributed by atoms with Crippen molar-refractivity contribution in [2.75, 3.05) is 48.4 Å². The van der Waals surface area contributed by atoms with Crippen molar-refractivity contribution >= 4 is 40.7 Å². The molecule has 0 radical (unpaired) electrons. The third kappa shape index (κ3) is 4.98. The number of rotatable bonds is 4. The number of ether oxygens (including phenoxy) is 1. The van der Waals surface area contributed by atoms with E-state index >= 15 is 0 Å². The molecule has 39 heavy (non-hydrogen) atoms. The van der Waals surface area contributed by atoms with Crippen LogP contribution in [0, 0.1) is 5.82 Å². The maximum Gasteiger partial charge on any atom is 0.322 e. The number of amides is 3. The Bertz CT molecular complexity index is 1440. The van der Waals surface area contributed by atoms with Gasteiger partial charge < -0.3 is 24.8 Å². The molecule has 1 saturated heterocycles. The molecule has 0 aliphatic carbocycles. The van der Waals surface area contributed by atoms with Crippen LogP contribution in [0.15, 0.2) is 48.5 Å². The van der Waals surface area contributed by atoms with Crippen LogP contribution in [-0.4, -0.2) is 61.2 Å². The maximum absolute atomic E-state index is 13.6. The summed E-state index contributed by atoms with van der Waals surface area (Å²) in [5, 5.41) is 3.30. The van der Waals surface area contributed by atoms with E-state index in [4.69, 9.17) is 16.3 Å². The van der Waals surface area contributed by atoms with Crippen molar-refractivity contribution in [3.63, 3.8) is 0 Å². The zero-order chi connectivity index (χ0) is 27.1. The Hall–Kier alpha value is -3.85. The molecule has 1 aromatic heterocycles. The quantitative estimate of drug-likeness (QED) is 0.456. The van der Waals surface area contributed by atoms with E-state index in [9.17, 15) is 14.0 Å². The van der Waals surface area contributed by atoms with Gasteiger partial charge in [-0.25, -0.2) is 14.2 Å². The smallest absolute Gasteiger partial charge is 0.322 e. The standard InChI is InChI=1S/C29H29ClFN5O3/c1-39-23-3-4-24-18(15-23)6-12-35(29(38)32-24)22-8-10-34(11-9-22)27-17-20(16-26(30)33-27)28(37)36-13-7-19-14-21(31)2-5-25(19)36/h2-5,14-17,22H,6-13H2,1H3,(H,32,38). The van der Waals surface area contributed by atoms with Gasteiger partial charge in [0.25, 0.3) is 5.91 Å². The van der Waals surface area contributed by atoms with Crippen LogP contribution in [-0.2, 0) is 12.8 Å². The number of fused-ring (bicyclic) bond motifs is 2. The summed E-state index contributed by atoms with van der Waals surface area (Å²) in [6.07, 6.45) is 2.91. The van der Waals surface area contributed by atoms with Gasteiger partial charge in [0.1, 0.15) is 22.5 Å². The van der Waals surface area contributed by atoms with Crippen LogP contribution in [0.2, 0.25) is 5.15 Å². The molecule has 10 heteroatoms. The fourth-order valence-electron chi connectivity index (χ4n) is 5.82. The number of nitrogens with zero attached hydrogens (tertiary/aromatic N) is 4. The van der Waals surface area contributed by atoms with Crippen molar-refractivity contribution in [1.29, 1.82) is 0 Å². The summed E-state index contributed by atoms with van der Waals surface area (Å²) in [4.78, 5) is 36.7. The first kappa shape index (κ1) is 25.4. The van der Waals surface area contributed by atoms with Crippen LogP contribution in [0.25, 0.3) is 0 Å². The topological polar surface area (TPSA) is 78.0 Å². The fourth-order valence-corrected chi connectivity index (χ4v) is 6.02. The van der Waals surface area contributed by atoms with E-state index in [2.05, 4.69) is 15.2 Å². The lowest BCUT2D eigenvalue weighted by Gasteiger charge is -2.38. The summed E-state index contributed by atoms with van der Waals surface area (Å²) in [5.74, 6) is 0.934. The van der Waals surface area contributed by atoms with Crippen molar-refractivity contribution in [2.24, 2.45) is 0 Å². The minimum atomic E-state index is -0.303. The highest BCUT2D eigenvalue weighted by atomic mass is 35.5. The second-order valence-corrected chi connectivity index (χ2v) is 10.5. The SMILES string of the molecule is COc1ccc2c(c1)CCN(C1CCN(c3cc(C(=O)N4CCc5cc(F)ccc54)cc(Cl)n3)CC1)C(=O)N2. The Morgan fingerprint density at radius 3 is 2.62 bits per heavy atom. The van der Waals surface area contributed by atoms with Crippen LogP contribution in [0.1, 0.15) is 34.3 Å². The molecule has 0 unspecified atom stereocenters. The summed E-state index contributed by atoms with van der Waals surface area (Å²) in [6, 6.07) is 13.6. The van der Waals surface area contributed by atoms with Gasteiger partial charge in [-0.15, -0.1) is 0 Å². The monoisotopic (exact) mass is 549 g/mol. The van der Waals surface area contributed by atoms with E-state index in [1.54, 1.807) is 30.2 Å². The number of carbonyl (C=O) groups is 2. The van der Waals surface area contributed by atoms with Crippen LogP contribution < -0.4 is 19.9 Å². The first-order valence-corrected chi connectivity index (χ1v) is 13.5. The molecule has 0 saturated carbocycles. The zero-order valence-electron chi connectivity index (χ0n) is 21.6. The van der Waals surface area contributed by atoms with Gasteiger partial charge in [-0.2, -0.15) is 0 Å². The number of hydrogen-bond donors (Lipinski definition) is 1. The fraction of sp³-hybridized carbons (Fsp3) is 0.345. The third-order valence-electron chi connectivity index (χ3n) is 7.88. The van der Waals surface area contributed by atoms with E-state index in [1.165, 1.54) is 12.1 Å². The summed E-state index contributed by atoms with van der Waals surface area (Å²) in [5.41, 5.74) is 3.89. The Morgan fingerprint density at radius 1 is 1.03 bits per heavy atom. The molecule has 1 N–H and O–H groups in total. The largest absolute Gasteiger partial charge is 0.497 e. The van der Waals surface area contributed by atoms with Crippen molar-refractivity contribution in [2.45, 2.75) is 31.7 Å². The van der Waals surface area contributed by atoms with E-state index in [-0.39, 0.29) is 29.0 Å². The Morgan fingerprint density at radius 2 is 1.82 bits per heavy atom. The van der Waals surface area contributed by atoms with Gasteiger partial charge in [-0.05, 0) is 85.3 Å². The first-order chi connectivity index (χ1) is 18.9. The van der Waals surface area contributed by atoms with Gasteiger partial charge >= 0.3 is 6.03 Å². The highest BCUT2D eigenvalue weighted by Crippen LogP contribution is 2.32. The van der Waals surface area contributed by atoms with Crippen LogP contribution in [0.3, 0.4) is 0 Å². The van der Waals surface area contributed by atoms with Gasteiger partial charge in [0.2, 0.25) is 0 Å². The summed E-state index contributed by atoms with van der Waals surface area (Å²) in [6.45, 7) is 2.49. The van der Waals surface area contributed by atoms with E-state index in [0.29, 0.717) is 44.0 Å². The predicted octanol–water partition coefficient (Wildman–Crippen LogP) is 5.14. The number of hydrogen-bond acceptors (Lipinski definition) is 5. The highest BCUT2D eigenvalue weighted by Gasteiger charge is 2.32. The van der Waals surface area contributed by atoms with Gasteiger partial charge in [0.05, 0.1) is 7.11 Å². The number of piperidine rings is 1. The predicted molar refractivity (Wildman–Crippen MR) is 149 cm³/mol. The molecule has 0 atom stereocenters. The molecule has 3 amide bonds. The number of anilines is 3. The van der Waals surface area contributed by atoms with Crippen LogP contribution >= 0.6 is 11.6 Å². The number of halogens is 2. The molecule has 202 valence electrons. The second-order valence-electron chi connectivity index (χ2n) is 10.1. The maximum atomic E-state index is 13.6. The molecule has 2 aromatic carbocycles. The zero-order valence-corrected chi connectivity index (χ0v) is 22.4. The molecule has 1 fully saturated rings. The number of urea groups is 1. The summed E-state index contributed by atoms with van der Waals surface area (Å²) >= 11 is 6.37. The third-order valence-corrected chi connectivity index (χ3v) is 8.07. The number of nitrogens with one attached hydrogen (secondary N) is 1. The average molecular weight is 550 g/mol. The Kier molecular flexibility index (Phi) is 6.76. The van der Waals surface area contributed by atoms with Crippen molar-refractivity contribution in [1.82, 2.24) is 9.88 Å². The molecule has 3 aliphatic rings. The lowest BCUT2D eigenvalue weighted by Crippen LogP contribution is -2.49. The average Bonchev–Trinajstić information content (AvgIpc) is 3.28. The molecule has 3 aromatic rings. The van der Waals surface area contributed by atoms with Crippen molar-refractivity contribution in [3.05, 3.63) is 76.2 Å². The molecular weight excluding hydrogens is 521 g/mol. The molecule has 6 rings (SSSR count). The highest BCUT2D eigenvalue weighted by molar-refractivity contribution is 6.30. The molecule has 4 heterocycles. The Labute approximate surface area is 231 Å². The normalized spacial score (nSPS) is 17.4. The van der Waals surface area contributed by atoms with Gasteiger partial charge in [0.15, 0.2) is 0 Å². The van der Waals surface area contributed by atoms with E-state index in [1.807, 2.05) is 23.1 Å². The first-order valence-electron chi connectivity index (χ1n) is 13.2. The molecule has 0 spiro atoms. The number of benzene rings is 2. The van der Waals surface area contributed by atoms with Gasteiger partial charge in [-0.3, -0.25) is 4.79 Å². The van der Waals surface area contributed by atoms with Crippen LogP contribution in [0.5, 0.6) is 5.75 Å². The minimum absolute atomic E-state index is 0.0862. The number of carbonyl (C=O) groups excluding carboxylic acids is 2. The number of methoxy groups -OCH3 is 1. The van der Waals surface area contributed by atoms with Crippen molar-refractivity contribution in [3.8, 4) is 5.75 Å². The summed E-state index contributed by atoms with van der Waals surface area (Å²) in [7, 11) is 1.64. The van der Waals surface area contributed by atoms with Gasteiger partial charge in [0, 0.05) is 49.2 Å². The van der Waals surface area contributed by atoms with Crippen LogP contribution in [0.4, 0.5) is 26.4 Å². The minimum Gasteiger partial charge on any atom is -0.497 e. The molecule has 3 aliphatic heterocycles. The van der Waals surface area contributed by atoms with E-state index in [0.717, 1.165) is 47.5 Å². The number of pyridine rings is 1. The molecule has 0 bridgehead atoms. The number of aromatic nitrogens is 1. The molecule has 8 nitrogen and oxygen atoms in total. The second kappa shape index (κ2) is 10.4. The van der Waals surface area contributed by atoms with Crippen molar-refractivity contribution < 1.29 is 18.7 Å². The lowest BCUT2D eigenvalue weighted by molar-refractivity contribution is 0.0989. The Balaban J connectivity index is 1.13. The van der Waals surface area contributed by atoms with Gasteiger partial charge in [-0.1, -0.05) is 11.6 Å². The molecular formula is C29H29ClFN5O3. The van der Waals surface area contributed by atoms with E-state index < -0.39 is 0 Å². The summed E-state index contributed by atoms with van der Waals surface area (Å²) < 4.78 is 19.0. The lowest BCUT2D eigenvalue weighted by atomic mass is 10.0.